The smallest absolute Gasteiger partial charge is 0.308 e. The number of esters is 1. The Labute approximate surface area is 170 Å². The van der Waals surface area contributed by atoms with Gasteiger partial charge in [-0.25, -0.2) is 0 Å². The van der Waals surface area contributed by atoms with Crippen molar-refractivity contribution >= 4 is 45.7 Å². The second kappa shape index (κ2) is 8.74. The molecule has 29 heavy (non-hydrogen) atoms. The summed E-state index contributed by atoms with van der Waals surface area (Å²) in [5.41, 5.74) is 6.01. The fraction of sp³-hybridized carbons (Fsp3) is 0.263. The predicted molar refractivity (Wildman–Crippen MR) is 106 cm³/mol. The first-order valence-electron chi connectivity index (χ1n) is 8.76. The molecule has 0 fully saturated rings. The second-order valence-corrected chi connectivity index (χ2v) is 7.12. The number of rotatable bonds is 7. The molecule has 2 aromatic rings. The van der Waals surface area contributed by atoms with E-state index in [1.165, 1.54) is 17.9 Å². The van der Waals surface area contributed by atoms with Crippen LogP contribution in [0.2, 0.25) is 0 Å². The monoisotopic (exact) mass is 417 g/mol. The summed E-state index contributed by atoms with van der Waals surface area (Å²) in [6, 6.07) is 8.52. The van der Waals surface area contributed by atoms with Gasteiger partial charge < -0.3 is 25.4 Å². The molecule has 1 atom stereocenters. The van der Waals surface area contributed by atoms with E-state index in [9.17, 15) is 19.2 Å². The van der Waals surface area contributed by atoms with Crippen LogP contribution in [0.1, 0.15) is 23.7 Å². The lowest BCUT2D eigenvalue weighted by Crippen LogP contribution is -2.40. The third kappa shape index (κ3) is 4.72. The largest absolute Gasteiger partial charge is 0.482 e. The number of para-hydroxylation sites is 2. The van der Waals surface area contributed by atoms with Crippen molar-refractivity contribution in [3.63, 3.8) is 0 Å². The molecule has 3 N–H and O–H groups in total. The molecule has 9 nitrogen and oxygen atoms in total. The van der Waals surface area contributed by atoms with Gasteiger partial charge in [-0.1, -0.05) is 12.1 Å². The van der Waals surface area contributed by atoms with Crippen LogP contribution in [0, 0.1) is 0 Å². The summed E-state index contributed by atoms with van der Waals surface area (Å²) >= 11 is 1.14. The Morgan fingerprint density at radius 3 is 2.83 bits per heavy atom. The molecule has 0 spiro atoms. The molecule has 1 aliphatic rings. The average molecular weight is 417 g/mol. The molecule has 2 heterocycles. The molecular formula is C19H19N3O6S. The van der Waals surface area contributed by atoms with Crippen LogP contribution in [0.4, 0.5) is 10.7 Å². The Bertz CT molecular complexity index is 957. The minimum atomic E-state index is -1.09. The van der Waals surface area contributed by atoms with Crippen molar-refractivity contribution in [3.05, 3.63) is 41.3 Å². The molecule has 1 aromatic heterocycles. The molecular weight excluding hydrogens is 398 g/mol. The number of thiophene rings is 1. The van der Waals surface area contributed by atoms with Gasteiger partial charge in [-0.2, -0.15) is 0 Å². The lowest BCUT2D eigenvalue weighted by molar-refractivity contribution is -0.153. The molecule has 1 aromatic carbocycles. The first kappa shape index (κ1) is 20.3. The van der Waals surface area contributed by atoms with E-state index in [1.54, 1.807) is 29.6 Å². The number of hydrogen-bond donors (Lipinski definition) is 2. The quantitative estimate of drug-likeness (QED) is 0.658. The van der Waals surface area contributed by atoms with Crippen molar-refractivity contribution in [2.24, 2.45) is 5.73 Å². The summed E-state index contributed by atoms with van der Waals surface area (Å²) in [7, 11) is 0. The van der Waals surface area contributed by atoms with E-state index >= 15 is 0 Å². The summed E-state index contributed by atoms with van der Waals surface area (Å²) in [6.45, 7) is 1.41. The van der Waals surface area contributed by atoms with Crippen LogP contribution in [-0.2, 0) is 19.1 Å². The summed E-state index contributed by atoms with van der Waals surface area (Å²) in [6.07, 6.45) is -1.18. The normalized spacial score (nSPS) is 13.8. The fourth-order valence-electron chi connectivity index (χ4n) is 2.73. The lowest BCUT2D eigenvalue weighted by Gasteiger charge is -2.29. The molecule has 0 saturated heterocycles. The van der Waals surface area contributed by atoms with Crippen molar-refractivity contribution < 1.29 is 28.7 Å². The number of amides is 3. The zero-order valence-corrected chi connectivity index (χ0v) is 16.4. The number of carbonyl (C=O) groups excluding carboxylic acids is 4. The summed E-state index contributed by atoms with van der Waals surface area (Å²) in [5.74, 6) is -1.59. The van der Waals surface area contributed by atoms with Crippen molar-refractivity contribution in [1.29, 1.82) is 0 Å². The topological polar surface area (TPSA) is 128 Å². The Morgan fingerprint density at radius 1 is 1.31 bits per heavy atom. The van der Waals surface area contributed by atoms with Gasteiger partial charge in [0.15, 0.2) is 12.7 Å². The van der Waals surface area contributed by atoms with Gasteiger partial charge in [0, 0.05) is 6.54 Å². The van der Waals surface area contributed by atoms with Gasteiger partial charge in [-0.15, -0.1) is 11.3 Å². The molecule has 0 unspecified atom stereocenters. The van der Waals surface area contributed by atoms with Gasteiger partial charge in [0.25, 0.3) is 17.7 Å². The minimum absolute atomic E-state index is 0.0940. The highest BCUT2D eigenvalue weighted by Crippen LogP contribution is 2.31. The molecule has 0 radical (unpaired) electrons. The third-order valence-electron chi connectivity index (χ3n) is 4.19. The van der Waals surface area contributed by atoms with E-state index in [4.69, 9.17) is 15.2 Å². The first-order valence-corrected chi connectivity index (χ1v) is 9.64. The fourth-order valence-corrected chi connectivity index (χ4v) is 3.52. The Kier molecular flexibility index (Phi) is 6.13. The number of anilines is 2. The second-order valence-electron chi connectivity index (χ2n) is 6.20. The Balaban J connectivity index is 1.54. The molecule has 10 heteroatoms. The highest BCUT2D eigenvalue weighted by molar-refractivity contribution is 7.14. The van der Waals surface area contributed by atoms with Gasteiger partial charge in [-0.3, -0.25) is 19.2 Å². The van der Waals surface area contributed by atoms with Crippen LogP contribution in [0.3, 0.4) is 0 Å². The van der Waals surface area contributed by atoms with Crippen molar-refractivity contribution in [2.75, 3.05) is 23.4 Å². The van der Waals surface area contributed by atoms with E-state index < -0.39 is 23.9 Å². The van der Waals surface area contributed by atoms with Crippen LogP contribution < -0.4 is 20.7 Å². The third-order valence-corrected chi connectivity index (χ3v) is 5.02. The van der Waals surface area contributed by atoms with Gasteiger partial charge >= 0.3 is 5.97 Å². The van der Waals surface area contributed by atoms with E-state index in [0.717, 1.165) is 11.3 Å². The van der Waals surface area contributed by atoms with Crippen molar-refractivity contribution in [2.45, 2.75) is 19.4 Å². The number of fused-ring (bicyclic) bond motifs is 1. The van der Waals surface area contributed by atoms with Crippen molar-refractivity contribution in [1.82, 2.24) is 0 Å². The Morgan fingerprint density at radius 2 is 2.07 bits per heavy atom. The molecule has 3 rings (SSSR count). The highest BCUT2D eigenvalue weighted by atomic mass is 32.1. The summed E-state index contributed by atoms with van der Waals surface area (Å²) in [4.78, 5) is 49.3. The zero-order chi connectivity index (χ0) is 21.0. The predicted octanol–water partition coefficient (Wildman–Crippen LogP) is 1.53. The molecule has 0 aliphatic carbocycles. The number of benzene rings is 1. The maximum absolute atomic E-state index is 12.2. The van der Waals surface area contributed by atoms with Crippen LogP contribution in [-0.4, -0.2) is 42.9 Å². The van der Waals surface area contributed by atoms with E-state index in [-0.39, 0.29) is 31.0 Å². The van der Waals surface area contributed by atoms with E-state index in [2.05, 4.69) is 5.32 Å². The lowest BCUT2D eigenvalue weighted by atomic mass is 10.2. The first-order chi connectivity index (χ1) is 13.9. The summed E-state index contributed by atoms with van der Waals surface area (Å²) < 4.78 is 10.5. The average Bonchev–Trinajstić information content (AvgIpc) is 3.15. The van der Waals surface area contributed by atoms with E-state index in [1.807, 2.05) is 0 Å². The number of hydrogen-bond acceptors (Lipinski definition) is 7. The Hall–Kier alpha value is -3.40. The zero-order valence-electron chi connectivity index (χ0n) is 15.5. The number of nitrogens with two attached hydrogens (primary N) is 1. The van der Waals surface area contributed by atoms with Gasteiger partial charge in [0.1, 0.15) is 10.8 Å². The number of nitrogens with zero attached hydrogens (tertiary/aromatic N) is 1. The van der Waals surface area contributed by atoms with Crippen LogP contribution in [0.15, 0.2) is 35.7 Å². The molecule has 3 amide bonds. The molecule has 0 bridgehead atoms. The maximum atomic E-state index is 12.2. The summed E-state index contributed by atoms with van der Waals surface area (Å²) in [5, 5.41) is 4.43. The molecule has 0 saturated carbocycles. The SMILES string of the molecule is C[C@H](OC(=O)CCN1C(=O)COc2ccccc21)C(=O)Nc1sccc1C(N)=O. The van der Waals surface area contributed by atoms with Crippen molar-refractivity contribution in [3.8, 4) is 5.75 Å². The van der Waals surface area contributed by atoms with E-state index in [0.29, 0.717) is 16.4 Å². The van der Waals surface area contributed by atoms with Crippen LogP contribution in [0.25, 0.3) is 0 Å². The maximum Gasteiger partial charge on any atom is 0.308 e. The molecule has 152 valence electrons. The highest BCUT2D eigenvalue weighted by Gasteiger charge is 2.26. The number of ether oxygens (including phenoxy) is 2. The minimum Gasteiger partial charge on any atom is -0.482 e. The standard InChI is InChI=1S/C19H19N3O6S/c1-11(18(26)21-19-12(17(20)25)7-9-29-19)28-16(24)6-8-22-13-4-2-3-5-14(13)27-10-15(22)23/h2-5,7,9,11H,6,8,10H2,1H3,(H2,20,25)(H,21,26)/t11-/m0/s1. The van der Waals surface area contributed by atoms with Gasteiger partial charge in [0.2, 0.25) is 0 Å². The van der Waals surface area contributed by atoms with Crippen LogP contribution >= 0.6 is 11.3 Å². The number of carbonyl (C=O) groups is 4. The van der Waals surface area contributed by atoms with Crippen LogP contribution in [0.5, 0.6) is 5.75 Å². The molecule has 1 aliphatic heterocycles. The number of nitrogens with one attached hydrogen (secondary N) is 1. The van der Waals surface area contributed by atoms with Gasteiger partial charge in [-0.05, 0) is 30.5 Å². The van der Waals surface area contributed by atoms with Gasteiger partial charge in [0.05, 0.1) is 17.7 Å². The number of primary amides is 1.